The predicted octanol–water partition coefficient (Wildman–Crippen LogP) is 3.78. The molecule has 0 aliphatic heterocycles. The molecule has 0 aromatic carbocycles. The lowest BCUT2D eigenvalue weighted by Gasteiger charge is -2.16. The highest BCUT2D eigenvalue weighted by atomic mass is 35.5. The molecule has 0 radical (unpaired) electrons. The highest BCUT2D eigenvalue weighted by Gasteiger charge is 2.65. The Balaban J connectivity index is 2.28. The zero-order chi connectivity index (χ0) is 20.1. The summed E-state index contributed by atoms with van der Waals surface area (Å²) in [5.74, 6) is -9.24. The van der Waals surface area contributed by atoms with Gasteiger partial charge in [-0.15, -0.1) is 11.3 Å². The highest BCUT2D eigenvalue weighted by molar-refractivity contribution is 7.15. The van der Waals surface area contributed by atoms with E-state index >= 15 is 0 Å². The van der Waals surface area contributed by atoms with Crippen LogP contribution in [0.15, 0.2) is 24.5 Å². The van der Waals surface area contributed by atoms with E-state index in [-0.39, 0.29) is 16.7 Å². The molecule has 12 heteroatoms. The molecule has 0 amide bonds. The summed E-state index contributed by atoms with van der Waals surface area (Å²) in [6, 6.07) is 3.01. The Labute approximate surface area is 157 Å². The van der Waals surface area contributed by atoms with Crippen LogP contribution in [0, 0.1) is 6.92 Å². The third-order valence-electron chi connectivity index (χ3n) is 3.82. The number of carbonyl (C=O) groups is 1. The van der Waals surface area contributed by atoms with E-state index in [1.54, 1.807) is 13.0 Å². The number of hydrogen-bond donors (Lipinski definition) is 1. The molecule has 3 rings (SSSR count). The smallest absolute Gasteiger partial charge is 0.461 e. The first kappa shape index (κ1) is 19.5. The fourth-order valence-corrected chi connectivity index (χ4v) is 3.60. The molecule has 0 saturated heterocycles. The maximum atomic E-state index is 13.7. The third kappa shape index (κ3) is 3.14. The quantitative estimate of drug-likeness (QED) is 0.392. The van der Waals surface area contributed by atoms with Crippen molar-refractivity contribution in [1.29, 1.82) is 0 Å². The Bertz CT molecular complexity index is 1040. The average molecular weight is 427 g/mol. The Morgan fingerprint density at radius 1 is 1.37 bits per heavy atom. The lowest BCUT2D eigenvalue weighted by molar-refractivity contribution is -0.521. The number of Topliss-reactive ketones (excluding diaryl/α,β-unsaturated/α-hetero) is 1. The maximum absolute atomic E-state index is 13.7. The van der Waals surface area contributed by atoms with Gasteiger partial charge in [0.25, 0.3) is 17.1 Å². The van der Waals surface area contributed by atoms with Crippen molar-refractivity contribution in [3.05, 3.63) is 45.1 Å². The number of pyridine rings is 1. The number of thiazole rings is 1. The summed E-state index contributed by atoms with van der Waals surface area (Å²) < 4.78 is 67.5. The van der Waals surface area contributed by atoms with Gasteiger partial charge in [-0.25, -0.2) is 9.55 Å². The lowest BCUT2D eigenvalue weighted by atomic mass is 10.1. The Kier molecular flexibility index (Phi) is 4.63. The second-order valence-electron chi connectivity index (χ2n) is 5.62. The van der Waals surface area contributed by atoms with Gasteiger partial charge in [-0.2, -0.15) is 26.4 Å². The van der Waals surface area contributed by atoms with Crippen LogP contribution in [-0.2, 0) is 6.54 Å². The SMILES string of the molecule is Cc1ccc[n+]2c(O)c(C(=O)C(F)(F)C(F)(F)F)n(Cc3cnc(Cl)s3)c12. The van der Waals surface area contributed by atoms with Crippen LogP contribution in [0.4, 0.5) is 22.0 Å². The molecule has 144 valence electrons. The van der Waals surface area contributed by atoms with Crippen LogP contribution in [0.2, 0.25) is 4.47 Å². The van der Waals surface area contributed by atoms with E-state index in [0.29, 0.717) is 10.4 Å². The fourth-order valence-electron chi connectivity index (χ4n) is 2.63. The minimum absolute atomic E-state index is 0.0841. The number of hydrogen-bond acceptors (Lipinski definition) is 4. The normalized spacial score (nSPS) is 12.7. The van der Waals surface area contributed by atoms with E-state index in [9.17, 15) is 31.9 Å². The van der Waals surface area contributed by atoms with Gasteiger partial charge in [0.1, 0.15) is 6.54 Å². The number of carbonyl (C=O) groups excluding carboxylic acids is 1. The minimum atomic E-state index is -6.11. The molecule has 27 heavy (non-hydrogen) atoms. The van der Waals surface area contributed by atoms with Crippen molar-refractivity contribution in [3.8, 4) is 5.88 Å². The molecule has 0 fully saturated rings. The third-order valence-corrected chi connectivity index (χ3v) is 4.92. The number of aromatic nitrogens is 3. The molecular weight excluding hydrogens is 417 g/mol. The van der Waals surface area contributed by atoms with Gasteiger partial charge in [0.2, 0.25) is 0 Å². The number of rotatable bonds is 4. The van der Waals surface area contributed by atoms with Crippen molar-refractivity contribution in [1.82, 2.24) is 9.55 Å². The van der Waals surface area contributed by atoms with Gasteiger partial charge in [-0.3, -0.25) is 4.79 Å². The number of halogens is 6. The van der Waals surface area contributed by atoms with Crippen LogP contribution in [-0.4, -0.2) is 32.5 Å². The van der Waals surface area contributed by atoms with Crippen LogP contribution < -0.4 is 4.40 Å². The number of fused-ring (bicyclic) bond motifs is 1. The van der Waals surface area contributed by atoms with Crippen LogP contribution in [0.25, 0.3) is 5.65 Å². The summed E-state index contributed by atoms with van der Waals surface area (Å²) in [6.07, 6.45) is -3.56. The fraction of sp³-hybridized carbons (Fsp3) is 0.267. The van der Waals surface area contributed by atoms with Gasteiger partial charge in [0.15, 0.2) is 4.47 Å². The standard InChI is InChI=1S/C15H9ClF5N3O2S/c1-7-3-2-4-23-11(7)24(6-8-5-22-13(16)27-8)9(12(23)26)10(25)14(17,18)15(19,20)21/h2-5H,6H2,1H3/p+1. The summed E-state index contributed by atoms with van der Waals surface area (Å²) in [5, 5.41) is 10.3. The second kappa shape index (κ2) is 6.41. The first-order valence-electron chi connectivity index (χ1n) is 7.27. The number of nitrogens with zero attached hydrogens (tertiary/aromatic N) is 3. The van der Waals surface area contributed by atoms with Crippen molar-refractivity contribution >= 4 is 34.4 Å². The Morgan fingerprint density at radius 2 is 2.04 bits per heavy atom. The number of aromatic hydroxyl groups is 1. The molecule has 0 aliphatic carbocycles. The van der Waals surface area contributed by atoms with Gasteiger partial charge in [0, 0.05) is 11.8 Å². The van der Waals surface area contributed by atoms with Crippen molar-refractivity contribution < 1.29 is 36.3 Å². The van der Waals surface area contributed by atoms with Crippen LogP contribution in [0.5, 0.6) is 5.88 Å². The van der Waals surface area contributed by atoms with Gasteiger partial charge in [0.05, 0.1) is 11.1 Å². The molecule has 0 unspecified atom stereocenters. The molecule has 3 aromatic heterocycles. The number of imidazole rings is 1. The van der Waals surface area contributed by atoms with Crippen LogP contribution in [0.1, 0.15) is 20.9 Å². The predicted molar refractivity (Wildman–Crippen MR) is 85.6 cm³/mol. The van der Waals surface area contributed by atoms with Crippen molar-refractivity contribution in [2.75, 3.05) is 0 Å². The molecule has 0 bridgehead atoms. The van der Waals surface area contributed by atoms with E-state index in [0.717, 1.165) is 20.3 Å². The van der Waals surface area contributed by atoms with Crippen LogP contribution >= 0.6 is 22.9 Å². The topological polar surface area (TPSA) is 59.2 Å². The van der Waals surface area contributed by atoms with Crippen molar-refractivity contribution in [2.24, 2.45) is 0 Å². The average Bonchev–Trinajstić information content (AvgIpc) is 3.09. The van der Waals surface area contributed by atoms with E-state index < -0.39 is 29.5 Å². The van der Waals surface area contributed by atoms with Crippen molar-refractivity contribution in [3.63, 3.8) is 0 Å². The van der Waals surface area contributed by atoms with Gasteiger partial charge >= 0.3 is 18.0 Å². The molecule has 0 saturated carbocycles. The molecule has 3 heterocycles. The van der Waals surface area contributed by atoms with E-state index in [4.69, 9.17) is 11.6 Å². The molecule has 1 N–H and O–H groups in total. The molecule has 0 aliphatic rings. The monoisotopic (exact) mass is 426 g/mol. The van der Waals surface area contributed by atoms with E-state index in [1.807, 2.05) is 0 Å². The highest BCUT2D eigenvalue weighted by Crippen LogP contribution is 2.39. The van der Waals surface area contributed by atoms with Crippen molar-refractivity contribution in [2.45, 2.75) is 25.6 Å². The molecule has 3 aromatic rings. The molecule has 5 nitrogen and oxygen atoms in total. The summed E-state index contributed by atoms with van der Waals surface area (Å²) in [5.41, 5.74) is -0.630. The van der Waals surface area contributed by atoms with E-state index in [1.165, 1.54) is 18.5 Å². The first-order chi connectivity index (χ1) is 12.4. The second-order valence-corrected chi connectivity index (χ2v) is 7.32. The van der Waals surface area contributed by atoms with E-state index in [2.05, 4.69) is 4.98 Å². The van der Waals surface area contributed by atoms with Gasteiger partial charge in [-0.05, 0) is 19.1 Å². The lowest BCUT2D eigenvalue weighted by Crippen LogP contribution is -2.44. The first-order valence-corrected chi connectivity index (χ1v) is 8.46. The summed E-state index contributed by atoms with van der Waals surface area (Å²) >= 11 is 6.69. The van der Waals surface area contributed by atoms with Gasteiger partial charge < -0.3 is 5.11 Å². The summed E-state index contributed by atoms with van der Waals surface area (Å²) in [6.45, 7) is 1.27. The summed E-state index contributed by atoms with van der Waals surface area (Å²) in [4.78, 5) is 16.3. The zero-order valence-electron chi connectivity index (χ0n) is 13.4. The molecule has 0 spiro atoms. The minimum Gasteiger partial charge on any atom is -0.474 e. The molecule has 0 atom stereocenters. The number of alkyl halides is 5. The Morgan fingerprint density at radius 3 is 2.59 bits per heavy atom. The summed E-state index contributed by atoms with van der Waals surface area (Å²) in [7, 11) is 0. The van der Waals surface area contributed by atoms with Crippen LogP contribution in [0.3, 0.4) is 0 Å². The molecular formula is C15H10ClF5N3O2S+. The largest absolute Gasteiger partial charge is 0.474 e. The Hall–Kier alpha value is -2.27. The van der Waals surface area contributed by atoms with Gasteiger partial charge in [-0.1, -0.05) is 11.6 Å². The zero-order valence-corrected chi connectivity index (χ0v) is 15.0. The maximum Gasteiger partial charge on any atom is 0.461 e. The number of ketones is 1. The number of aryl methyl sites for hydroxylation is 1.